The number of carboxylic acids is 1. The van der Waals surface area contributed by atoms with Gasteiger partial charge < -0.3 is 10.3 Å². The van der Waals surface area contributed by atoms with Gasteiger partial charge in [0.2, 0.25) is 10.7 Å². The van der Waals surface area contributed by atoms with Gasteiger partial charge >= 0.3 is 5.97 Å². The van der Waals surface area contributed by atoms with Gasteiger partial charge in [-0.25, -0.2) is 9.78 Å². The molecule has 2 rings (SSSR count). The summed E-state index contributed by atoms with van der Waals surface area (Å²) in [6, 6.07) is 1.64. The molecule has 6 nitrogen and oxygen atoms in total. The third-order valence-electron chi connectivity index (χ3n) is 1.94. The summed E-state index contributed by atoms with van der Waals surface area (Å²) in [6.07, 6.45) is 2.85. The molecule has 2 aromatic heterocycles. The minimum atomic E-state index is -1.06. The topological polar surface area (TPSA) is 90.0 Å². The molecule has 2 heterocycles. The van der Waals surface area contributed by atoms with E-state index in [4.69, 9.17) is 5.11 Å². The molecule has 0 unspecified atom stereocenters. The zero-order valence-corrected chi connectivity index (χ0v) is 9.06. The first-order valence-electron chi connectivity index (χ1n) is 4.34. The van der Waals surface area contributed by atoms with Gasteiger partial charge in [-0.05, 0) is 0 Å². The molecule has 0 amide bonds. The Hall–Kier alpha value is -2.02. The van der Waals surface area contributed by atoms with Crippen LogP contribution in [0.25, 0.3) is 10.4 Å². The minimum absolute atomic E-state index is 0.0199. The van der Waals surface area contributed by atoms with Gasteiger partial charge in [0.15, 0.2) is 0 Å². The molecule has 0 fully saturated rings. The molecule has 0 aliphatic rings. The lowest BCUT2D eigenvalue weighted by Crippen LogP contribution is -2.33. The third-order valence-corrected chi connectivity index (χ3v) is 2.98. The molecule has 0 aliphatic heterocycles. The number of thiazole rings is 1. The number of carboxylic acid groups (broad SMARTS) is 1. The number of carbonyl (C=O) groups is 1. The monoisotopic (exact) mass is 237 g/mol. The van der Waals surface area contributed by atoms with E-state index in [0.717, 1.165) is 11.3 Å². The summed E-state index contributed by atoms with van der Waals surface area (Å²) >= 11 is 1.05. The first kappa shape index (κ1) is 10.5. The SMILES string of the molecule is Cc1cc(-c2cnc(C(=O)O)s2)cn[n+]1[O-]. The van der Waals surface area contributed by atoms with E-state index in [9.17, 15) is 10.0 Å². The summed E-state index contributed by atoms with van der Waals surface area (Å²) in [5, 5.41) is 23.4. The second-order valence-corrected chi connectivity index (χ2v) is 4.12. The predicted octanol–water partition coefficient (Wildman–Crippen LogP) is 0.845. The Morgan fingerprint density at radius 3 is 2.88 bits per heavy atom. The maximum absolute atomic E-state index is 11.0. The summed E-state index contributed by atoms with van der Waals surface area (Å²) in [5.74, 6) is -1.06. The number of hydrogen-bond donors (Lipinski definition) is 1. The molecule has 0 radical (unpaired) electrons. The molecule has 0 atom stereocenters. The van der Waals surface area contributed by atoms with Crippen molar-refractivity contribution in [3.63, 3.8) is 0 Å². The van der Waals surface area contributed by atoms with Gasteiger partial charge in [0, 0.05) is 29.8 Å². The maximum Gasteiger partial charge on any atom is 0.365 e. The first-order valence-corrected chi connectivity index (χ1v) is 5.15. The second kappa shape index (κ2) is 3.86. The van der Waals surface area contributed by atoms with E-state index >= 15 is 0 Å². The van der Waals surface area contributed by atoms with Crippen LogP contribution in [-0.4, -0.2) is 21.2 Å². The molecule has 2 aromatic rings. The Morgan fingerprint density at radius 2 is 2.31 bits per heavy atom. The van der Waals surface area contributed by atoms with Gasteiger partial charge in [-0.15, -0.1) is 11.3 Å². The number of aryl methyl sites for hydroxylation is 1. The molecule has 0 aliphatic carbocycles. The molecule has 0 aromatic carbocycles. The van der Waals surface area contributed by atoms with E-state index < -0.39 is 5.97 Å². The van der Waals surface area contributed by atoms with E-state index in [-0.39, 0.29) is 5.01 Å². The predicted molar refractivity (Wildman–Crippen MR) is 56.0 cm³/mol. The summed E-state index contributed by atoms with van der Waals surface area (Å²) in [7, 11) is 0. The van der Waals surface area contributed by atoms with Crippen molar-refractivity contribution in [3.05, 3.63) is 34.4 Å². The van der Waals surface area contributed by atoms with Crippen molar-refractivity contribution >= 4 is 17.3 Å². The van der Waals surface area contributed by atoms with Crippen LogP contribution in [0.15, 0.2) is 18.5 Å². The van der Waals surface area contributed by atoms with Gasteiger partial charge in [0.25, 0.3) is 0 Å². The van der Waals surface area contributed by atoms with Crippen molar-refractivity contribution in [1.29, 1.82) is 0 Å². The Balaban J connectivity index is 2.42. The summed E-state index contributed by atoms with van der Waals surface area (Å²) in [5.41, 5.74) is 1.14. The van der Waals surface area contributed by atoms with Crippen LogP contribution in [0.1, 0.15) is 15.5 Å². The highest BCUT2D eigenvalue weighted by Gasteiger charge is 2.12. The molecule has 7 heteroatoms. The van der Waals surface area contributed by atoms with Crippen molar-refractivity contribution in [2.45, 2.75) is 6.92 Å². The third kappa shape index (κ3) is 1.84. The van der Waals surface area contributed by atoms with E-state index in [1.165, 1.54) is 12.4 Å². The van der Waals surface area contributed by atoms with Gasteiger partial charge in [-0.3, -0.25) is 0 Å². The van der Waals surface area contributed by atoms with Crippen molar-refractivity contribution < 1.29 is 14.7 Å². The average Bonchev–Trinajstić information content (AvgIpc) is 2.71. The standard InChI is InChI=1S/C9H7N3O3S/c1-5-2-6(3-11-12(5)15)7-4-10-8(16-7)9(13)14/h2-4H,1H3,(H,13,14). The van der Waals surface area contributed by atoms with Crippen molar-refractivity contribution in [1.82, 2.24) is 10.1 Å². The average molecular weight is 237 g/mol. The van der Waals surface area contributed by atoms with E-state index in [1.807, 2.05) is 0 Å². The fraction of sp³-hybridized carbons (Fsp3) is 0.111. The van der Waals surface area contributed by atoms with Crippen LogP contribution in [0.2, 0.25) is 0 Å². The molecular formula is C9H7N3O3S. The minimum Gasteiger partial charge on any atom is -0.594 e. The molecule has 0 saturated carbocycles. The Labute approximate surface area is 94.4 Å². The Morgan fingerprint density at radius 1 is 1.56 bits per heavy atom. The summed E-state index contributed by atoms with van der Waals surface area (Å²) < 4.78 is 0. The lowest BCUT2D eigenvalue weighted by molar-refractivity contribution is -0.675. The quantitative estimate of drug-likeness (QED) is 0.617. The van der Waals surface area contributed by atoms with Crippen molar-refractivity contribution in [3.8, 4) is 10.4 Å². The fourth-order valence-electron chi connectivity index (χ4n) is 1.16. The van der Waals surface area contributed by atoms with Gasteiger partial charge in [-0.2, -0.15) is 0 Å². The van der Waals surface area contributed by atoms with Crippen LogP contribution in [0, 0.1) is 12.1 Å². The van der Waals surface area contributed by atoms with E-state index in [1.54, 1.807) is 13.0 Å². The highest BCUT2D eigenvalue weighted by Crippen LogP contribution is 2.25. The maximum atomic E-state index is 11.0. The zero-order valence-electron chi connectivity index (χ0n) is 8.25. The van der Waals surface area contributed by atoms with Gasteiger partial charge in [0.05, 0.1) is 4.88 Å². The van der Waals surface area contributed by atoms with Crippen LogP contribution >= 0.6 is 11.3 Å². The van der Waals surface area contributed by atoms with Gasteiger partial charge in [-0.1, -0.05) is 4.85 Å². The van der Waals surface area contributed by atoms with E-state index in [2.05, 4.69) is 10.1 Å². The highest BCUT2D eigenvalue weighted by molar-refractivity contribution is 7.16. The van der Waals surface area contributed by atoms with Crippen LogP contribution in [0.5, 0.6) is 0 Å². The fourth-order valence-corrected chi connectivity index (χ4v) is 1.90. The van der Waals surface area contributed by atoms with Crippen molar-refractivity contribution in [2.75, 3.05) is 0 Å². The number of aromatic nitrogens is 3. The largest absolute Gasteiger partial charge is 0.594 e. The molecule has 82 valence electrons. The summed E-state index contributed by atoms with van der Waals surface area (Å²) in [4.78, 5) is 15.6. The molecule has 0 spiro atoms. The lowest BCUT2D eigenvalue weighted by atomic mass is 10.2. The number of aromatic carboxylic acids is 1. The molecule has 1 N–H and O–H groups in total. The smallest absolute Gasteiger partial charge is 0.365 e. The van der Waals surface area contributed by atoms with Crippen LogP contribution in [-0.2, 0) is 0 Å². The Bertz CT molecular complexity index is 553. The summed E-state index contributed by atoms with van der Waals surface area (Å²) in [6.45, 7) is 1.63. The number of nitrogens with zero attached hydrogens (tertiary/aromatic N) is 3. The second-order valence-electron chi connectivity index (χ2n) is 3.09. The molecule has 16 heavy (non-hydrogen) atoms. The van der Waals surface area contributed by atoms with Crippen LogP contribution < -0.4 is 4.85 Å². The first-order chi connectivity index (χ1) is 7.58. The normalized spacial score (nSPS) is 10.3. The van der Waals surface area contributed by atoms with Gasteiger partial charge in [0.1, 0.15) is 6.20 Å². The molecule has 0 bridgehead atoms. The van der Waals surface area contributed by atoms with E-state index in [0.29, 0.717) is 21.0 Å². The number of rotatable bonds is 2. The van der Waals surface area contributed by atoms with Crippen LogP contribution in [0.4, 0.5) is 0 Å². The Kier molecular flexibility index (Phi) is 2.53. The molecular weight excluding hydrogens is 230 g/mol. The molecule has 0 saturated heterocycles. The van der Waals surface area contributed by atoms with Crippen molar-refractivity contribution in [2.24, 2.45) is 0 Å². The highest BCUT2D eigenvalue weighted by atomic mass is 32.1. The number of hydrogen-bond acceptors (Lipinski definition) is 5. The zero-order chi connectivity index (χ0) is 11.7. The van der Waals surface area contributed by atoms with Crippen LogP contribution in [0.3, 0.4) is 0 Å². The lowest BCUT2D eigenvalue weighted by Gasteiger charge is -1.98.